The van der Waals surface area contributed by atoms with Crippen LogP contribution in [0.1, 0.15) is 43.7 Å². The van der Waals surface area contributed by atoms with E-state index in [0.717, 1.165) is 37.8 Å². The number of phenolic OH excluding ortho intramolecular Hbond substituents is 1. The van der Waals surface area contributed by atoms with Gasteiger partial charge in [0.05, 0.1) is 5.71 Å². The molecule has 1 aromatic carbocycles. The quantitative estimate of drug-likeness (QED) is 0.544. The Hall–Kier alpha value is -1.51. The summed E-state index contributed by atoms with van der Waals surface area (Å²) in [7, 11) is 0. The first-order chi connectivity index (χ1) is 8.63. The maximum atomic E-state index is 9.60. The van der Waals surface area contributed by atoms with E-state index in [1.54, 1.807) is 6.07 Å². The number of aryl methyl sites for hydroxylation is 1. The Bertz CT molecular complexity index is 509. The topological polar surface area (TPSA) is 52.8 Å². The molecule has 0 bridgehead atoms. The highest BCUT2D eigenvalue weighted by Crippen LogP contribution is 2.49. The Morgan fingerprint density at radius 2 is 2.17 bits per heavy atom. The lowest BCUT2D eigenvalue weighted by atomic mass is 9.58. The Balaban J connectivity index is 2.02. The highest BCUT2D eigenvalue weighted by molar-refractivity contribution is 5.85. The van der Waals surface area contributed by atoms with Crippen molar-refractivity contribution >= 4 is 5.71 Å². The number of hydrogen-bond donors (Lipinski definition) is 2. The van der Waals surface area contributed by atoms with E-state index in [-0.39, 0.29) is 5.41 Å². The second-order valence-electron chi connectivity index (χ2n) is 5.86. The smallest absolute Gasteiger partial charge is 0.115 e. The fourth-order valence-electron chi connectivity index (χ4n) is 3.76. The van der Waals surface area contributed by atoms with Gasteiger partial charge in [-0.3, -0.25) is 0 Å². The van der Waals surface area contributed by atoms with Gasteiger partial charge in [0.1, 0.15) is 5.75 Å². The van der Waals surface area contributed by atoms with E-state index in [1.807, 2.05) is 6.07 Å². The molecule has 3 rings (SSSR count). The van der Waals surface area contributed by atoms with Crippen LogP contribution in [0.15, 0.2) is 23.4 Å². The largest absolute Gasteiger partial charge is 0.508 e. The molecular formula is C15H19NO2. The van der Waals surface area contributed by atoms with Crippen molar-refractivity contribution in [1.29, 1.82) is 0 Å². The summed E-state index contributed by atoms with van der Waals surface area (Å²) in [6.07, 6.45) is 4.96. The lowest BCUT2D eigenvalue weighted by Crippen LogP contribution is -2.41. The molecule has 1 saturated carbocycles. The minimum absolute atomic E-state index is 0.176. The fourth-order valence-corrected chi connectivity index (χ4v) is 3.76. The van der Waals surface area contributed by atoms with Crippen molar-refractivity contribution in [2.45, 2.75) is 44.4 Å². The van der Waals surface area contributed by atoms with Crippen molar-refractivity contribution in [3.8, 4) is 5.75 Å². The second-order valence-corrected chi connectivity index (χ2v) is 5.86. The van der Waals surface area contributed by atoms with Gasteiger partial charge in [-0.05, 0) is 66.7 Å². The van der Waals surface area contributed by atoms with Gasteiger partial charge < -0.3 is 10.3 Å². The molecule has 0 spiro atoms. The van der Waals surface area contributed by atoms with E-state index in [0.29, 0.717) is 11.7 Å². The predicted octanol–water partition coefficient (Wildman–Crippen LogP) is 3.23. The molecule has 0 aliphatic heterocycles. The van der Waals surface area contributed by atoms with E-state index in [4.69, 9.17) is 5.21 Å². The highest BCUT2D eigenvalue weighted by Gasteiger charge is 2.43. The summed E-state index contributed by atoms with van der Waals surface area (Å²) in [6, 6.07) is 5.78. The third kappa shape index (κ3) is 1.61. The van der Waals surface area contributed by atoms with Gasteiger partial charge >= 0.3 is 0 Å². The molecule has 0 saturated heterocycles. The van der Waals surface area contributed by atoms with Gasteiger partial charge in [0.15, 0.2) is 0 Å². The average Bonchev–Trinajstić information content (AvgIpc) is 2.37. The zero-order valence-electron chi connectivity index (χ0n) is 10.7. The molecule has 2 aliphatic carbocycles. The molecule has 3 nitrogen and oxygen atoms in total. The number of oxime groups is 1. The van der Waals surface area contributed by atoms with Crippen molar-refractivity contribution in [3.63, 3.8) is 0 Å². The van der Waals surface area contributed by atoms with Crippen LogP contribution >= 0.6 is 0 Å². The molecule has 0 radical (unpaired) electrons. The standard InChI is InChI=1S/C15H19NO2/c1-15-7-6-12(16-18)9-11(15)3-2-10-8-13(17)4-5-14(10)15/h4-5,8,11,17-18H,2-3,6-7,9H2,1H3/b16-12-/t11-,15-/m1/s1. The van der Waals surface area contributed by atoms with Crippen molar-refractivity contribution in [2.24, 2.45) is 11.1 Å². The zero-order valence-corrected chi connectivity index (χ0v) is 10.7. The van der Waals surface area contributed by atoms with E-state index < -0.39 is 0 Å². The summed E-state index contributed by atoms with van der Waals surface area (Å²) in [4.78, 5) is 0. The van der Waals surface area contributed by atoms with Crippen LogP contribution in [0.4, 0.5) is 0 Å². The minimum Gasteiger partial charge on any atom is -0.508 e. The second kappa shape index (κ2) is 4.01. The fraction of sp³-hybridized carbons (Fsp3) is 0.533. The molecule has 1 aromatic rings. The third-order valence-electron chi connectivity index (χ3n) is 4.92. The lowest BCUT2D eigenvalue weighted by Gasteiger charge is -2.46. The number of phenols is 1. The van der Waals surface area contributed by atoms with Gasteiger partial charge in [-0.2, -0.15) is 0 Å². The molecule has 0 aromatic heterocycles. The molecule has 0 unspecified atom stereocenters. The molecule has 2 aliphatic rings. The molecule has 1 fully saturated rings. The molecule has 3 heteroatoms. The van der Waals surface area contributed by atoms with Gasteiger partial charge in [0, 0.05) is 0 Å². The summed E-state index contributed by atoms with van der Waals surface area (Å²) < 4.78 is 0. The van der Waals surface area contributed by atoms with Crippen LogP contribution in [0.25, 0.3) is 0 Å². The number of rotatable bonds is 0. The van der Waals surface area contributed by atoms with E-state index >= 15 is 0 Å². The number of benzene rings is 1. The van der Waals surface area contributed by atoms with E-state index in [2.05, 4.69) is 18.1 Å². The van der Waals surface area contributed by atoms with Crippen LogP contribution in [0, 0.1) is 5.92 Å². The summed E-state index contributed by atoms with van der Waals surface area (Å²) in [5.41, 5.74) is 3.79. The van der Waals surface area contributed by atoms with Crippen molar-refractivity contribution < 1.29 is 10.3 Å². The maximum Gasteiger partial charge on any atom is 0.115 e. The number of aromatic hydroxyl groups is 1. The molecular weight excluding hydrogens is 226 g/mol. The molecule has 96 valence electrons. The summed E-state index contributed by atoms with van der Waals surface area (Å²) >= 11 is 0. The molecule has 0 amide bonds. The Morgan fingerprint density at radius 3 is 2.94 bits per heavy atom. The third-order valence-corrected chi connectivity index (χ3v) is 4.92. The molecule has 18 heavy (non-hydrogen) atoms. The summed E-state index contributed by atoms with van der Waals surface area (Å²) in [5, 5.41) is 22.0. The first kappa shape index (κ1) is 11.6. The first-order valence-electron chi connectivity index (χ1n) is 6.65. The minimum atomic E-state index is 0.176. The van der Waals surface area contributed by atoms with E-state index in [1.165, 1.54) is 11.1 Å². The van der Waals surface area contributed by atoms with Crippen molar-refractivity contribution in [3.05, 3.63) is 29.3 Å². The maximum absolute atomic E-state index is 9.60. The normalized spacial score (nSPS) is 32.9. The van der Waals surface area contributed by atoms with Gasteiger partial charge in [0.25, 0.3) is 0 Å². The highest BCUT2D eigenvalue weighted by atomic mass is 16.4. The van der Waals surface area contributed by atoms with Crippen LogP contribution < -0.4 is 0 Å². The number of fused-ring (bicyclic) bond motifs is 3. The van der Waals surface area contributed by atoms with Crippen LogP contribution in [0.3, 0.4) is 0 Å². The molecule has 2 N–H and O–H groups in total. The van der Waals surface area contributed by atoms with Crippen LogP contribution in [0.2, 0.25) is 0 Å². The van der Waals surface area contributed by atoms with Gasteiger partial charge in [-0.15, -0.1) is 0 Å². The molecule has 2 atom stereocenters. The summed E-state index contributed by atoms with van der Waals surface area (Å²) in [5.74, 6) is 0.929. The first-order valence-corrected chi connectivity index (χ1v) is 6.65. The van der Waals surface area contributed by atoms with Gasteiger partial charge in [-0.25, -0.2) is 0 Å². The predicted molar refractivity (Wildman–Crippen MR) is 70.3 cm³/mol. The van der Waals surface area contributed by atoms with Crippen molar-refractivity contribution in [1.82, 2.24) is 0 Å². The monoisotopic (exact) mass is 245 g/mol. The zero-order chi connectivity index (χ0) is 12.8. The van der Waals surface area contributed by atoms with Gasteiger partial charge in [-0.1, -0.05) is 18.1 Å². The Kier molecular flexibility index (Phi) is 2.58. The molecule has 0 heterocycles. The van der Waals surface area contributed by atoms with Crippen LogP contribution in [0.5, 0.6) is 5.75 Å². The van der Waals surface area contributed by atoms with Crippen LogP contribution in [-0.4, -0.2) is 16.0 Å². The van der Waals surface area contributed by atoms with Gasteiger partial charge in [0.2, 0.25) is 0 Å². The van der Waals surface area contributed by atoms with Crippen molar-refractivity contribution in [2.75, 3.05) is 0 Å². The number of nitrogens with zero attached hydrogens (tertiary/aromatic N) is 1. The SMILES string of the molecule is C[C@@]12CC/C(=N/O)C[C@H]1CCc1cc(O)ccc12. The van der Waals surface area contributed by atoms with E-state index in [9.17, 15) is 5.11 Å². The Labute approximate surface area is 107 Å². The summed E-state index contributed by atoms with van der Waals surface area (Å²) in [6.45, 7) is 2.32. The lowest BCUT2D eigenvalue weighted by molar-refractivity contribution is 0.223. The average molecular weight is 245 g/mol. The van der Waals surface area contributed by atoms with Crippen LogP contribution in [-0.2, 0) is 11.8 Å². The Morgan fingerprint density at radius 1 is 1.33 bits per heavy atom. The number of hydrogen-bond acceptors (Lipinski definition) is 3.